The Morgan fingerprint density at radius 1 is 1.14 bits per heavy atom. The summed E-state index contributed by atoms with van der Waals surface area (Å²) in [6, 6.07) is 0. The van der Waals surface area contributed by atoms with E-state index in [1.807, 2.05) is 0 Å². The molecule has 0 unspecified atom stereocenters. The van der Waals surface area contributed by atoms with Gasteiger partial charge in [-0.1, -0.05) is 0 Å². The number of aryl methyl sites for hydroxylation is 1. The first-order valence-electron chi connectivity index (χ1n) is 10.1. The molecule has 1 saturated heterocycles. The van der Waals surface area contributed by atoms with Crippen molar-refractivity contribution in [1.29, 1.82) is 0 Å². The Kier molecular flexibility index (Phi) is 7.92. The monoisotopic (exact) mass is 445 g/mol. The van der Waals surface area contributed by atoms with Gasteiger partial charge in [0.1, 0.15) is 10.6 Å². The van der Waals surface area contributed by atoms with Crippen LogP contribution in [0.15, 0.2) is 0 Å². The molecule has 0 radical (unpaired) electrons. The van der Waals surface area contributed by atoms with Crippen LogP contribution in [0.5, 0.6) is 5.75 Å². The predicted molar refractivity (Wildman–Crippen MR) is 114 cm³/mol. The largest absolute Gasteiger partial charge is 0.495 e. The van der Waals surface area contributed by atoms with Gasteiger partial charge in [-0.25, -0.2) is 8.42 Å². The number of methoxy groups -OCH3 is 2. The summed E-state index contributed by atoms with van der Waals surface area (Å²) in [5, 5.41) is 3.00. The van der Waals surface area contributed by atoms with Crippen LogP contribution in [-0.4, -0.2) is 89.4 Å². The first kappa shape index (κ1) is 22.5. The summed E-state index contributed by atoms with van der Waals surface area (Å²) in [6.07, 6.45) is 4.33. The molecule has 1 aromatic heterocycles. The minimum absolute atomic E-state index is 0.0200. The Balaban J connectivity index is 1.45. The van der Waals surface area contributed by atoms with Crippen molar-refractivity contribution < 1.29 is 22.7 Å². The first-order valence-corrected chi connectivity index (χ1v) is 12.5. The second-order valence-electron chi connectivity index (χ2n) is 7.38. The van der Waals surface area contributed by atoms with Gasteiger partial charge in [-0.15, -0.1) is 11.3 Å². The zero-order valence-electron chi connectivity index (χ0n) is 17.2. The number of ether oxygens (including phenoxy) is 2. The number of carbonyl (C=O) groups is 1. The molecule has 8 nitrogen and oxygen atoms in total. The lowest BCUT2D eigenvalue weighted by Crippen LogP contribution is -2.50. The molecule has 1 N–H and O–H groups in total. The second-order valence-corrected chi connectivity index (χ2v) is 10.6. The average Bonchev–Trinajstić information content (AvgIpc) is 3.11. The molecule has 1 fully saturated rings. The molecule has 2 aliphatic rings. The van der Waals surface area contributed by atoms with Crippen LogP contribution >= 0.6 is 11.3 Å². The number of amides is 1. The minimum Gasteiger partial charge on any atom is -0.495 e. The number of thiophene rings is 1. The van der Waals surface area contributed by atoms with Gasteiger partial charge in [-0.3, -0.25) is 9.69 Å². The Hall–Kier alpha value is -1.20. The highest BCUT2D eigenvalue weighted by atomic mass is 32.2. The maximum Gasteiger partial charge on any atom is 0.265 e. The van der Waals surface area contributed by atoms with E-state index in [0.717, 1.165) is 25.0 Å². The Bertz CT molecular complexity index is 801. The number of fused-ring (bicyclic) bond motifs is 1. The van der Waals surface area contributed by atoms with Crippen LogP contribution in [0.1, 0.15) is 33.0 Å². The first-order chi connectivity index (χ1) is 14.0. The molecule has 1 aliphatic heterocycles. The fourth-order valence-electron chi connectivity index (χ4n) is 3.86. The molecule has 1 amide bonds. The smallest absolute Gasteiger partial charge is 0.265 e. The molecule has 1 aromatic rings. The molecule has 2 heterocycles. The highest BCUT2D eigenvalue weighted by Gasteiger charge is 2.27. The topological polar surface area (TPSA) is 88.2 Å². The van der Waals surface area contributed by atoms with E-state index in [-0.39, 0.29) is 18.3 Å². The van der Waals surface area contributed by atoms with Gasteiger partial charge in [0.05, 0.1) is 19.5 Å². The highest BCUT2D eigenvalue weighted by molar-refractivity contribution is 7.89. The predicted octanol–water partition coefficient (Wildman–Crippen LogP) is 0.959. The van der Waals surface area contributed by atoms with Crippen LogP contribution in [0.25, 0.3) is 0 Å². The Morgan fingerprint density at radius 2 is 1.86 bits per heavy atom. The third-order valence-electron chi connectivity index (χ3n) is 5.52. The lowest BCUT2D eigenvalue weighted by Gasteiger charge is -2.33. The van der Waals surface area contributed by atoms with Crippen LogP contribution in [0, 0.1) is 0 Å². The van der Waals surface area contributed by atoms with Gasteiger partial charge in [0.25, 0.3) is 5.91 Å². The third-order valence-corrected chi connectivity index (χ3v) is 8.62. The number of nitrogens with zero attached hydrogens (tertiary/aromatic N) is 2. The number of sulfonamides is 1. The summed E-state index contributed by atoms with van der Waals surface area (Å²) in [4.78, 5) is 16.8. The number of hydrogen-bond acceptors (Lipinski definition) is 7. The number of hydrogen-bond donors (Lipinski definition) is 1. The molecule has 0 atom stereocenters. The molecule has 10 heteroatoms. The van der Waals surface area contributed by atoms with Crippen molar-refractivity contribution in [3.63, 3.8) is 0 Å². The van der Waals surface area contributed by atoms with Gasteiger partial charge in [-0.05, 0) is 25.7 Å². The van der Waals surface area contributed by atoms with Gasteiger partial charge in [-0.2, -0.15) is 4.31 Å². The molecule has 164 valence electrons. The molecule has 1 aliphatic carbocycles. The van der Waals surface area contributed by atoms with E-state index in [9.17, 15) is 13.2 Å². The van der Waals surface area contributed by atoms with Gasteiger partial charge in [0.15, 0.2) is 0 Å². The fraction of sp³-hybridized carbons (Fsp3) is 0.737. The van der Waals surface area contributed by atoms with Crippen LogP contribution in [-0.2, 0) is 27.6 Å². The Labute approximate surface area is 177 Å². The van der Waals surface area contributed by atoms with E-state index in [1.165, 1.54) is 28.3 Å². The van der Waals surface area contributed by atoms with E-state index < -0.39 is 10.0 Å². The van der Waals surface area contributed by atoms with E-state index in [2.05, 4.69) is 10.2 Å². The fourth-order valence-corrected chi connectivity index (χ4v) is 6.49. The molecule has 0 saturated carbocycles. The van der Waals surface area contributed by atoms with Crippen molar-refractivity contribution in [2.45, 2.75) is 25.7 Å². The van der Waals surface area contributed by atoms with Crippen LogP contribution in [0.2, 0.25) is 0 Å². The summed E-state index contributed by atoms with van der Waals surface area (Å²) in [5.74, 6) is 0.686. The van der Waals surface area contributed by atoms with Crippen LogP contribution < -0.4 is 10.1 Å². The summed E-state index contributed by atoms with van der Waals surface area (Å²) in [6.45, 7) is 3.73. The number of piperazine rings is 1. The second kappa shape index (κ2) is 10.2. The lowest BCUT2D eigenvalue weighted by molar-refractivity contribution is 0.0946. The van der Waals surface area contributed by atoms with E-state index in [0.29, 0.717) is 44.1 Å². The van der Waals surface area contributed by atoms with Crippen molar-refractivity contribution in [2.75, 3.05) is 65.8 Å². The molecule has 0 spiro atoms. The zero-order valence-corrected chi connectivity index (χ0v) is 18.9. The molecule has 3 rings (SSSR count). The number of nitrogens with one attached hydrogen (secondary N) is 1. The van der Waals surface area contributed by atoms with Crippen LogP contribution in [0.3, 0.4) is 0 Å². The summed E-state index contributed by atoms with van der Waals surface area (Å²) >= 11 is 1.56. The normalized spacial score (nSPS) is 18.4. The zero-order chi connectivity index (χ0) is 20.9. The maximum absolute atomic E-state index is 12.7. The van der Waals surface area contributed by atoms with E-state index >= 15 is 0 Å². The van der Waals surface area contributed by atoms with E-state index in [1.54, 1.807) is 18.4 Å². The maximum atomic E-state index is 12.7. The molecular formula is C19H31N3O5S2. The Morgan fingerprint density at radius 3 is 2.55 bits per heavy atom. The van der Waals surface area contributed by atoms with Crippen molar-refractivity contribution in [3.8, 4) is 5.75 Å². The number of rotatable bonds is 9. The number of carbonyl (C=O) groups excluding carboxylic acids is 1. The minimum atomic E-state index is -3.25. The summed E-state index contributed by atoms with van der Waals surface area (Å²) < 4.78 is 36.4. The van der Waals surface area contributed by atoms with Gasteiger partial charge in [0, 0.05) is 56.8 Å². The summed E-state index contributed by atoms with van der Waals surface area (Å²) in [5.41, 5.74) is 1.21. The molecule has 0 aromatic carbocycles. The SMILES string of the molecule is COCCS(=O)(=O)N1CCN(CCNC(=O)c2sc3c(c2OC)CCCC3)CC1. The third kappa shape index (κ3) is 5.49. The quantitative estimate of drug-likeness (QED) is 0.609. The lowest BCUT2D eigenvalue weighted by atomic mass is 9.98. The standard InChI is InChI=1S/C19H31N3O5S2/c1-26-13-14-29(24,25)22-11-9-21(10-12-22)8-7-20-19(23)18-17(27-2)15-5-3-4-6-16(15)28-18/h3-14H2,1-2H3,(H,20,23). The highest BCUT2D eigenvalue weighted by Crippen LogP contribution is 2.39. The van der Waals surface area contributed by atoms with Crippen molar-refractivity contribution in [3.05, 3.63) is 15.3 Å². The van der Waals surface area contributed by atoms with Crippen molar-refractivity contribution in [1.82, 2.24) is 14.5 Å². The molecule has 29 heavy (non-hydrogen) atoms. The molecule has 0 bridgehead atoms. The average molecular weight is 446 g/mol. The van der Waals surface area contributed by atoms with Gasteiger partial charge >= 0.3 is 0 Å². The van der Waals surface area contributed by atoms with Gasteiger partial charge in [0.2, 0.25) is 10.0 Å². The van der Waals surface area contributed by atoms with Gasteiger partial charge < -0.3 is 14.8 Å². The molecular weight excluding hydrogens is 414 g/mol. The van der Waals surface area contributed by atoms with Crippen molar-refractivity contribution in [2.24, 2.45) is 0 Å². The summed E-state index contributed by atoms with van der Waals surface area (Å²) in [7, 11) is -0.113. The van der Waals surface area contributed by atoms with E-state index in [4.69, 9.17) is 9.47 Å². The van der Waals surface area contributed by atoms with Crippen LogP contribution in [0.4, 0.5) is 0 Å². The van der Waals surface area contributed by atoms with Crippen molar-refractivity contribution >= 4 is 27.3 Å².